The van der Waals surface area contributed by atoms with Gasteiger partial charge in [0, 0.05) is 12.0 Å². The Kier molecular flexibility index (Phi) is 3.63. The minimum absolute atomic E-state index is 0.149. The molecular formula is C15H14O3. The molecule has 0 fully saturated rings. The van der Waals surface area contributed by atoms with Crippen LogP contribution < -0.4 is 4.74 Å². The molecule has 0 heterocycles. The van der Waals surface area contributed by atoms with E-state index in [0.29, 0.717) is 5.56 Å². The monoisotopic (exact) mass is 242 g/mol. The van der Waals surface area contributed by atoms with Crippen LogP contribution in [0.3, 0.4) is 0 Å². The van der Waals surface area contributed by atoms with E-state index in [1.165, 1.54) is 0 Å². The second-order valence-electron chi connectivity index (χ2n) is 3.94. The van der Waals surface area contributed by atoms with Crippen molar-refractivity contribution in [2.45, 2.75) is 6.42 Å². The molecule has 2 aromatic carbocycles. The van der Waals surface area contributed by atoms with E-state index >= 15 is 0 Å². The van der Waals surface area contributed by atoms with Crippen LogP contribution in [0, 0.1) is 0 Å². The normalized spacial score (nSPS) is 10.1. The zero-order valence-electron chi connectivity index (χ0n) is 10.1. The lowest BCUT2D eigenvalue weighted by Crippen LogP contribution is -1.88. The highest BCUT2D eigenvalue weighted by atomic mass is 16.5. The van der Waals surface area contributed by atoms with Gasteiger partial charge in [0.05, 0.1) is 7.11 Å². The zero-order chi connectivity index (χ0) is 13.0. The van der Waals surface area contributed by atoms with Crippen molar-refractivity contribution in [3.05, 3.63) is 48.0 Å². The maximum atomic E-state index is 10.4. The quantitative estimate of drug-likeness (QED) is 0.838. The van der Waals surface area contributed by atoms with E-state index in [9.17, 15) is 9.90 Å². The fraction of sp³-hybridized carbons (Fsp3) is 0.133. The number of hydrogen-bond donors (Lipinski definition) is 1. The van der Waals surface area contributed by atoms with E-state index in [0.717, 1.165) is 23.2 Å². The van der Waals surface area contributed by atoms with Crippen molar-refractivity contribution in [2.24, 2.45) is 0 Å². The minimum Gasteiger partial charge on any atom is -0.508 e. The molecule has 0 saturated heterocycles. The van der Waals surface area contributed by atoms with Crippen molar-refractivity contribution < 1.29 is 14.6 Å². The van der Waals surface area contributed by atoms with E-state index in [1.54, 1.807) is 19.2 Å². The van der Waals surface area contributed by atoms with Gasteiger partial charge in [0.1, 0.15) is 17.8 Å². The third-order valence-corrected chi connectivity index (χ3v) is 2.81. The van der Waals surface area contributed by atoms with Gasteiger partial charge in [0.2, 0.25) is 0 Å². The maximum Gasteiger partial charge on any atom is 0.124 e. The average Bonchev–Trinajstić information content (AvgIpc) is 2.41. The number of benzene rings is 2. The minimum atomic E-state index is 0.149. The summed E-state index contributed by atoms with van der Waals surface area (Å²) in [6, 6.07) is 12.9. The van der Waals surface area contributed by atoms with Crippen LogP contribution in [0.25, 0.3) is 11.1 Å². The number of ether oxygens (including phenoxy) is 1. The summed E-state index contributed by atoms with van der Waals surface area (Å²) in [5, 5.41) is 9.80. The lowest BCUT2D eigenvalue weighted by Gasteiger charge is -2.06. The van der Waals surface area contributed by atoms with Gasteiger partial charge in [-0.2, -0.15) is 0 Å². The van der Waals surface area contributed by atoms with Crippen molar-refractivity contribution in [3.63, 3.8) is 0 Å². The number of aromatic hydroxyl groups is 1. The topological polar surface area (TPSA) is 46.5 Å². The maximum absolute atomic E-state index is 10.4. The molecule has 0 aromatic heterocycles. The van der Waals surface area contributed by atoms with Gasteiger partial charge in [-0.05, 0) is 29.3 Å². The van der Waals surface area contributed by atoms with Crippen LogP contribution in [-0.2, 0) is 11.2 Å². The van der Waals surface area contributed by atoms with Crippen LogP contribution in [0.5, 0.6) is 11.5 Å². The summed E-state index contributed by atoms with van der Waals surface area (Å²) < 4.78 is 5.09. The van der Waals surface area contributed by atoms with Crippen LogP contribution in [-0.4, -0.2) is 18.5 Å². The first-order chi connectivity index (χ1) is 8.74. The molecule has 0 spiro atoms. The fourth-order valence-electron chi connectivity index (χ4n) is 1.79. The van der Waals surface area contributed by atoms with Gasteiger partial charge in [0.15, 0.2) is 0 Å². The molecule has 1 N–H and O–H groups in total. The summed E-state index contributed by atoms with van der Waals surface area (Å²) in [7, 11) is 1.62. The molecule has 0 saturated carbocycles. The lowest BCUT2D eigenvalue weighted by atomic mass is 10.0. The van der Waals surface area contributed by atoms with E-state index in [4.69, 9.17) is 4.74 Å². The van der Waals surface area contributed by atoms with Crippen LogP contribution in [0.2, 0.25) is 0 Å². The van der Waals surface area contributed by atoms with Gasteiger partial charge in [-0.25, -0.2) is 0 Å². The van der Waals surface area contributed by atoms with Crippen molar-refractivity contribution in [3.8, 4) is 22.6 Å². The molecule has 92 valence electrons. The third-order valence-electron chi connectivity index (χ3n) is 2.81. The first-order valence-electron chi connectivity index (χ1n) is 5.64. The number of aldehydes is 1. The van der Waals surface area contributed by atoms with Gasteiger partial charge in [-0.15, -0.1) is 0 Å². The summed E-state index contributed by atoms with van der Waals surface area (Å²) in [5.41, 5.74) is 2.54. The zero-order valence-corrected chi connectivity index (χ0v) is 10.1. The van der Waals surface area contributed by atoms with Gasteiger partial charge in [0.25, 0.3) is 0 Å². The van der Waals surface area contributed by atoms with Gasteiger partial charge in [-0.3, -0.25) is 0 Å². The average molecular weight is 242 g/mol. The molecule has 18 heavy (non-hydrogen) atoms. The Labute approximate surface area is 106 Å². The van der Waals surface area contributed by atoms with Crippen molar-refractivity contribution >= 4 is 6.29 Å². The molecule has 2 aromatic rings. The Hall–Kier alpha value is -2.29. The van der Waals surface area contributed by atoms with Crippen molar-refractivity contribution in [2.75, 3.05) is 7.11 Å². The standard InChI is InChI=1S/C15H14O3/c1-18-14-6-4-11(5-7-14)13-3-2-12(8-9-16)15(17)10-13/h2-7,9-10,17H,8H2,1H3. The molecular weight excluding hydrogens is 228 g/mol. The number of hydrogen-bond acceptors (Lipinski definition) is 3. The summed E-state index contributed by atoms with van der Waals surface area (Å²) in [6.45, 7) is 0. The molecule has 0 atom stereocenters. The first-order valence-corrected chi connectivity index (χ1v) is 5.64. The Morgan fingerprint density at radius 2 is 1.78 bits per heavy atom. The Balaban J connectivity index is 2.32. The largest absolute Gasteiger partial charge is 0.508 e. The van der Waals surface area contributed by atoms with Crippen molar-refractivity contribution in [1.82, 2.24) is 0 Å². The highest BCUT2D eigenvalue weighted by Crippen LogP contribution is 2.27. The number of rotatable bonds is 4. The Morgan fingerprint density at radius 3 is 2.33 bits per heavy atom. The van der Waals surface area contributed by atoms with Crippen LogP contribution in [0.4, 0.5) is 0 Å². The number of phenolic OH excluding ortho intramolecular Hbond substituents is 1. The van der Waals surface area contributed by atoms with Gasteiger partial charge in [-0.1, -0.05) is 24.3 Å². The van der Waals surface area contributed by atoms with Gasteiger partial charge < -0.3 is 14.6 Å². The molecule has 0 aliphatic rings. The molecule has 0 unspecified atom stereocenters. The van der Waals surface area contributed by atoms with E-state index in [2.05, 4.69) is 0 Å². The predicted octanol–water partition coefficient (Wildman–Crippen LogP) is 2.81. The number of carbonyl (C=O) groups is 1. The Bertz CT molecular complexity index is 544. The summed E-state index contributed by atoms with van der Waals surface area (Å²) in [4.78, 5) is 10.4. The summed E-state index contributed by atoms with van der Waals surface area (Å²) in [5.74, 6) is 0.941. The molecule has 3 nitrogen and oxygen atoms in total. The molecule has 0 radical (unpaired) electrons. The van der Waals surface area contributed by atoms with Gasteiger partial charge >= 0.3 is 0 Å². The van der Waals surface area contributed by atoms with Crippen LogP contribution >= 0.6 is 0 Å². The SMILES string of the molecule is COc1ccc(-c2ccc(CC=O)c(O)c2)cc1. The molecule has 0 bridgehead atoms. The van der Waals surface area contributed by atoms with E-state index < -0.39 is 0 Å². The second-order valence-corrected chi connectivity index (χ2v) is 3.94. The van der Waals surface area contributed by atoms with Crippen molar-refractivity contribution in [1.29, 1.82) is 0 Å². The number of methoxy groups -OCH3 is 1. The molecule has 0 aliphatic heterocycles. The lowest BCUT2D eigenvalue weighted by molar-refractivity contribution is -0.107. The highest BCUT2D eigenvalue weighted by molar-refractivity contribution is 5.68. The van der Waals surface area contributed by atoms with Crippen LogP contribution in [0.15, 0.2) is 42.5 Å². The second kappa shape index (κ2) is 5.36. The molecule has 2 rings (SSSR count). The molecule has 0 amide bonds. The predicted molar refractivity (Wildman–Crippen MR) is 69.9 cm³/mol. The smallest absolute Gasteiger partial charge is 0.124 e. The Morgan fingerprint density at radius 1 is 1.11 bits per heavy atom. The molecule has 0 aliphatic carbocycles. The first kappa shape index (κ1) is 12.2. The van der Waals surface area contributed by atoms with Crippen LogP contribution in [0.1, 0.15) is 5.56 Å². The van der Waals surface area contributed by atoms with E-state index in [1.807, 2.05) is 30.3 Å². The molecule has 3 heteroatoms. The third kappa shape index (κ3) is 2.51. The van der Waals surface area contributed by atoms with E-state index in [-0.39, 0.29) is 12.2 Å². The summed E-state index contributed by atoms with van der Waals surface area (Å²) >= 11 is 0. The fourth-order valence-corrected chi connectivity index (χ4v) is 1.79. The summed E-state index contributed by atoms with van der Waals surface area (Å²) in [6.07, 6.45) is 1.01. The number of phenols is 1. The number of carbonyl (C=O) groups excluding carboxylic acids is 1. The highest BCUT2D eigenvalue weighted by Gasteiger charge is 2.04.